The van der Waals surface area contributed by atoms with Crippen LogP contribution in [0.3, 0.4) is 0 Å². The molecule has 1 atom stereocenters. The highest BCUT2D eigenvalue weighted by atomic mass is 32.2. The minimum Gasteiger partial charge on any atom is -0.354 e. The van der Waals surface area contributed by atoms with Gasteiger partial charge in [0.25, 0.3) is 0 Å². The highest BCUT2D eigenvalue weighted by Gasteiger charge is 2.31. The van der Waals surface area contributed by atoms with Crippen molar-refractivity contribution in [1.82, 2.24) is 20.2 Å². The first kappa shape index (κ1) is 15.6. The molecule has 1 aliphatic heterocycles. The van der Waals surface area contributed by atoms with Gasteiger partial charge in [0.2, 0.25) is 5.95 Å². The largest absolute Gasteiger partial charge is 0.354 e. The normalized spacial score (nSPS) is 19.4. The standard InChI is InChI=1S/C14H18N6O2S/c1-20(12-4-6-23(21,22)10-12)13-9-17-19-14(18-13)16-8-11-3-2-5-15-7-11/h2-3,5,7,9,12H,4,6,8,10H2,1H3,(H,16,18,19). The Bertz CT molecular complexity index is 768. The van der Waals surface area contributed by atoms with E-state index >= 15 is 0 Å². The van der Waals surface area contributed by atoms with Gasteiger partial charge in [0, 0.05) is 32.0 Å². The monoisotopic (exact) mass is 334 g/mol. The molecule has 0 amide bonds. The third-order valence-electron chi connectivity index (χ3n) is 3.84. The summed E-state index contributed by atoms with van der Waals surface area (Å²) in [6.07, 6.45) is 5.63. The number of hydrogen-bond donors (Lipinski definition) is 1. The molecule has 3 heterocycles. The first-order chi connectivity index (χ1) is 11.0. The van der Waals surface area contributed by atoms with E-state index in [-0.39, 0.29) is 17.5 Å². The number of nitrogens with one attached hydrogen (secondary N) is 1. The molecule has 0 bridgehead atoms. The van der Waals surface area contributed by atoms with Gasteiger partial charge in [-0.05, 0) is 18.1 Å². The smallest absolute Gasteiger partial charge is 0.244 e. The summed E-state index contributed by atoms with van der Waals surface area (Å²) >= 11 is 0. The van der Waals surface area contributed by atoms with Crippen LogP contribution in [-0.4, -0.2) is 53.2 Å². The van der Waals surface area contributed by atoms with E-state index in [1.54, 1.807) is 18.6 Å². The number of rotatable bonds is 5. The molecule has 23 heavy (non-hydrogen) atoms. The van der Waals surface area contributed by atoms with Crippen LogP contribution in [0.1, 0.15) is 12.0 Å². The van der Waals surface area contributed by atoms with E-state index in [2.05, 4.69) is 25.5 Å². The summed E-state index contributed by atoms with van der Waals surface area (Å²) in [7, 11) is -1.10. The van der Waals surface area contributed by atoms with Gasteiger partial charge in [-0.1, -0.05) is 6.07 Å². The molecule has 0 saturated carbocycles. The molecule has 1 N–H and O–H groups in total. The van der Waals surface area contributed by atoms with E-state index in [4.69, 9.17) is 0 Å². The van der Waals surface area contributed by atoms with Crippen LogP contribution in [0, 0.1) is 0 Å². The van der Waals surface area contributed by atoms with Gasteiger partial charge < -0.3 is 10.2 Å². The van der Waals surface area contributed by atoms with Gasteiger partial charge in [0.15, 0.2) is 15.7 Å². The highest BCUT2D eigenvalue weighted by molar-refractivity contribution is 7.91. The molecule has 2 aromatic rings. The molecule has 2 aromatic heterocycles. The van der Waals surface area contributed by atoms with Gasteiger partial charge in [0.1, 0.15) is 0 Å². The van der Waals surface area contributed by atoms with Crippen LogP contribution >= 0.6 is 0 Å². The van der Waals surface area contributed by atoms with Crippen molar-refractivity contribution in [3.05, 3.63) is 36.3 Å². The lowest BCUT2D eigenvalue weighted by atomic mass is 10.2. The van der Waals surface area contributed by atoms with Crippen molar-refractivity contribution < 1.29 is 8.42 Å². The second-order valence-corrected chi connectivity index (χ2v) is 7.75. The van der Waals surface area contributed by atoms with E-state index in [0.29, 0.717) is 24.7 Å². The first-order valence-electron chi connectivity index (χ1n) is 7.29. The van der Waals surface area contributed by atoms with Crippen molar-refractivity contribution in [3.63, 3.8) is 0 Å². The molecular formula is C14H18N6O2S. The van der Waals surface area contributed by atoms with Gasteiger partial charge >= 0.3 is 0 Å². The molecule has 1 saturated heterocycles. The van der Waals surface area contributed by atoms with Crippen LogP contribution in [0.4, 0.5) is 11.8 Å². The first-order valence-corrected chi connectivity index (χ1v) is 9.11. The lowest BCUT2D eigenvalue weighted by molar-refractivity contribution is 0.600. The van der Waals surface area contributed by atoms with Crippen LogP contribution in [-0.2, 0) is 16.4 Å². The van der Waals surface area contributed by atoms with Crippen LogP contribution in [0.25, 0.3) is 0 Å². The summed E-state index contributed by atoms with van der Waals surface area (Å²) in [5, 5.41) is 11.0. The Hall–Kier alpha value is -2.29. The number of pyridine rings is 1. The molecule has 1 fully saturated rings. The van der Waals surface area contributed by atoms with E-state index in [1.165, 1.54) is 0 Å². The van der Waals surface area contributed by atoms with Gasteiger partial charge in [0.05, 0.1) is 17.7 Å². The Morgan fingerprint density at radius 3 is 2.96 bits per heavy atom. The lowest BCUT2D eigenvalue weighted by Crippen LogP contribution is -2.33. The predicted octanol–water partition coefficient (Wildman–Crippen LogP) is 0.502. The number of anilines is 2. The Morgan fingerprint density at radius 1 is 1.39 bits per heavy atom. The molecule has 0 spiro atoms. The minimum atomic E-state index is -2.93. The summed E-state index contributed by atoms with van der Waals surface area (Å²) < 4.78 is 23.2. The molecule has 3 rings (SSSR count). The van der Waals surface area contributed by atoms with Gasteiger partial charge in [-0.25, -0.2) is 8.42 Å². The third-order valence-corrected chi connectivity index (χ3v) is 5.59. The summed E-state index contributed by atoms with van der Waals surface area (Å²) in [5.41, 5.74) is 1.01. The SMILES string of the molecule is CN(c1cnnc(NCc2cccnc2)n1)C1CCS(=O)(=O)C1. The van der Waals surface area contributed by atoms with E-state index in [9.17, 15) is 8.42 Å². The Labute approximate surface area is 134 Å². The maximum atomic E-state index is 11.6. The summed E-state index contributed by atoms with van der Waals surface area (Å²) in [6.45, 7) is 0.542. The van der Waals surface area contributed by atoms with Crippen LogP contribution in [0.5, 0.6) is 0 Å². The molecule has 0 aliphatic carbocycles. The summed E-state index contributed by atoms with van der Waals surface area (Å²) in [6, 6.07) is 3.75. The zero-order valence-electron chi connectivity index (χ0n) is 12.8. The molecule has 1 unspecified atom stereocenters. The van der Waals surface area contributed by atoms with Crippen molar-refractivity contribution in [3.8, 4) is 0 Å². The summed E-state index contributed by atoms with van der Waals surface area (Å²) in [5.74, 6) is 1.40. The third kappa shape index (κ3) is 3.92. The number of aromatic nitrogens is 4. The van der Waals surface area contributed by atoms with E-state index < -0.39 is 9.84 Å². The van der Waals surface area contributed by atoms with Crippen molar-refractivity contribution in [2.24, 2.45) is 0 Å². The zero-order valence-corrected chi connectivity index (χ0v) is 13.6. The molecule has 9 heteroatoms. The number of hydrogen-bond acceptors (Lipinski definition) is 8. The molecule has 8 nitrogen and oxygen atoms in total. The minimum absolute atomic E-state index is 0.0668. The Morgan fingerprint density at radius 2 is 2.26 bits per heavy atom. The predicted molar refractivity (Wildman–Crippen MR) is 86.9 cm³/mol. The van der Waals surface area contributed by atoms with Crippen molar-refractivity contribution in [2.45, 2.75) is 19.0 Å². The van der Waals surface area contributed by atoms with Gasteiger partial charge in [-0.2, -0.15) is 10.1 Å². The molecule has 122 valence electrons. The Kier molecular flexibility index (Phi) is 4.37. The molecule has 0 aromatic carbocycles. The quantitative estimate of drug-likeness (QED) is 0.844. The second-order valence-electron chi connectivity index (χ2n) is 5.52. The van der Waals surface area contributed by atoms with Crippen molar-refractivity contribution >= 4 is 21.6 Å². The molecule has 1 aliphatic rings. The van der Waals surface area contributed by atoms with E-state index in [0.717, 1.165) is 5.56 Å². The topological polar surface area (TPSA) is 101 Å². The van der Waals surface area contributed by atoms with E-state index in [1.807, 2.05) is 24.1 Å². The molecule has 0 radical (unpaired) electrons. The maximum Gasteiger partial charge on any atom is 0.244 e. The maximum absolute atomic E-state index is 11.6. The number of sulfone groups is 1. The fraction of sp³-hybridized carbons (Fsp3) is 0.429. The van der Waals surface area contributed by atoms with Crippen LogP contribution < -0.4 is 10.2 Å². The van der Waals surface area contributed by atoms with Crippen molar-refractivity contribution in [1.29, 1.82) is 0 Å². The molecular weight excluding hydrogens is 316 g/mol. The fourth-order valence-electron chi connectivity index (χ4n) is 2.49. The van der Waals surface area contributed by atoms with Gasteiger partial charge in [-0.3, -0.25) is 4.98 Å². The van der Waals surface area contributed by atoms with Crippen molar-refractivity contribution in [2.75, 3.05) is 28.8 Å². The van der Waals surface area contributed by atoms with Crippen LogP contribution in [0.2, 0.25) is 0 Å². The highest BCUT2D eigenvalue weighted by Crippen LogP contribution is 2.21. The van der Waals surface area contributed by atoms with Gasteiger partial charge in [-0.15, -0.1) is 5.10 Å². The second kappa shape index (κ2) is 6.45. The number of nitrogens with zero attached hydrogens (tertiary/aromatic N) is 5. The zero-order chi connectivity index (χ0) is 16.3. The van der Waals surface area contributed by atoms with Crippen LogP contribution in [0.15, 0.2) is 30.7 Å². The fourth-order valence-corrected chi connectivity index (χ4v) is 4.27. The average molecular weight is 334 g/mol. The average Bonchev–Trinajstić information content (AvgIpc) is 2.93. The Balaban J connectivity index is 1.67. The summed E-state index contributed by atoms with van der Waals surface area (Å²) in [4.78, 5) is 10.3. The lowest BCUT2D eigenvalue weighted by Gasteiger charge is -2.24.